The number of hydrogen-bond acceptors (Lipinski definition) is 10. The molecule has 11 heteroatoms. The van der Waals surface area contributed by atoms with Crippen molar-refractivity contribution in [1.29, 1.82) is 0 Å². The van der Waals surface area contributed by atoms with Gasteiger partial charge in [-0.15, -0.1) is 0 Å². The fourth-order valence-electron chi connectivity index (χ4n) is 3.97. The number of pyridine rings is 1. The molecule has 11 nitrogen and oxygen atoms in total. The SMILES string of the molecule is CC(C)n1ncc2cnc(Nc3ncc(-c4nc(C(C)(C)C)no4)c(N[C@H](CO)c4ccccc4)n3)cc21. The highest BCUT2D eigenvalue weighted by Gasteiger charge is 2.24. The lowest BCUT2D eigenvalue weighted by Crippen LogP contribution is -2.17. The van der Waals surface area contributed by atoms with E-state index < -0.39 is 6.04 Å². The van der Waals surface area contributed by atoms with Crippen LogP contribution < -0.4 is 10.6 Å². The Labute approximate surface area is 220 Å². The predicted molar refractivity (Wildman–Crippen MR) is 145 cm³/mol. The molecular weight excluding hydrogens is 482 g/mol. The molecular formula is C27H31N9O2. The Hall–Kier alpha value is -4.38. The third-order valence-electron chi connectivity index (χ3n) is 6.02. The molecule has 0 radical (unpaired) electrons. The van der Waals surface area contributed by atoms with E-state index in [0.29, 0.717) is 29.0 Å². The number of hydrogen-bond donors (Lipinski definition) is 3. The maximum Gasteiger partial charge on any atom is 0.263 e. The summed E-state index contributed by atoms with van der Waals surface area (Å²) < 4.78 is 7.52. The first kappa shape index (κ1) is 25.3. The first-order valence-electron chi connectivity index (χ1n) is 12.5. The molecule has 3 N–H and O–H groups in total. The number of nitrogens with one attached hydrogen (secondary N) is 2. The zero-order valence-electron chi connectivity index (χ0n) is 22.0. The van der Waals surface area contributed by atoms with Crippen molar-refractivity contribution in [2.75, 3.05) is 17.2 Å². The largest absolute Gasteiger partial charge is 0.394 e. The van der Waals surface area contributed by atoms with Crippen LogP contribution >= 0.6 is 0 Å². The number of nitrogens with zero attached hydrogens (tertiary/aromatic N) is 7. The molecule has 0 bridgehead atoms. The van der Waals surface area contributed by atoms with Gasteiger partial charge in [-0.1, -0.05) is 56.3 Å². The van der Waals surface area contributed by atoms with E-state index in [0.717, 1.165) is 16.5 Å². The quantitative estimate of drug-likeness (QED) is 0.258. The van der Waals surface area contributed by atoms with E-state index in [-0.39, 0.29) is 24.0 Å². The van der Waals surface area contributed by atoms with Crippen molar-refractivity contribution < 1.29 is 9.63 Å². The minimum atomic E-state index is -0.419. The molecule has 0 aliphatic carbocycles. The van der Waals surface area contributed by atoms with Gasteiger partial charge in [0.25, 0.3) is 5.89 Å². The summed E-state index contributed by atoms with van der Waals surface area (Å²) in [5, 5.41) is 26.2. The summed E-state index contributed by atoms with van der Waals surface area (Å²) >= 11 is 0. The standard InChI is InChI=1S/C27H31N9O2/c1-16(2)36-21-11-22(28-12-18(21)13-30-36)32-26-29-14-19(24-34-25(35-38-24)27(3,4)5)23(33-26)31-20(15-37)17-9-7-6-8-10-17/h6-14,16,20,37H,15H2,1-5H3,(H2,28,29,31,32,33)/t20-/m1/s1. The molecule has 4 heterocycles. The first-order chi connectivity index (χ1) is 18.2. The lowest BCUT2D eigenvalue weighted by atomic mass is 9.96. The fraction of sp³-hybridized carbons (Fsp3) is 0.333. The van der Waals surface area contributed by atoms with E-state index in [2.05, 4.69) is 49.7 Å². The highest BCUT2D eigenvalue weighted by atomic mass is 16.5. The number of fused-ring (bicyclic) bond motifs is 1. The van der Waals surface area contributed by atoms with Crippen molar-refractivity contribution in [3.63, 3.8) is 0 Å². The van der Waals surface area contributed by atoms with Gasteiger partial charge in [0.1, 0.15) is 17.2 Å². The maximum atomic E-state index is 10.2. The van der Waals surface area contributed by atoms with Crippen molar-refractivity contribution in [1.82, 2.24) is 34.9 Å². The molecule has 1 aromatic carbocycles. The monoisotopic (exact) mass is 513 g/mol. The van der Waals surface area contributed by atoms with Crippen LogP contribution in [0.3, 0.4) is 0 Å². The second-order valence-corrected chi connectivity index (χ2v) is 10.4. The zero-order chi connectivity index (χ0) is 26.9. The molecule has 0 saturated heterocycles. The van der Waals surface area contributed by atoms with Crippen molar-refractivity contribution in [2.45, 2.75) is 52.1 Å². The molecule has 5 aromatic rings. The van der Waals surface area contributed by atoms with E-state index in [4.69, 9.17) is 9.51 Å². The lowest BCUT2D eigenvalue weighted by molar-refractivity contribution is 0.276. The second kappa shape index (κ2) is 10.2. The molecule has 4 aromatic heterocycles. The lowest BCUT2D eigenvalue weighted by Gasteiger charge is -2.19. The van der Waals surface area contributed by atoms with E-state index in [1.165, 1.54) is 0 Å². The van der Waals surface area contributed by atoms with Crippen LogP contribution in [0.25, 0.3) is 22.4 Å². The third-order valence-corrected chi connectivity index (χ3v) is 6.02. The van der Waals surface area contributed by atoms with Crippen molar-refractivity contribution in [3.05, 3.63) is 66.4 Å². The highest BCUT2D eigenvalue weighted by Crippen LogP contribution is 2.31. The molecule has 0 amide bonds. The summed E-state index contributed by atoms with van der Waals surface area (Å²) in [5.41, 5.74) is 2.10. The average Bonchev–Trinajstić information content (AvgIpc) is 3.56. The molecule has 0 aliphatic heterocycles. The van der Waals surface area contributed by atoms with Crippen LogP contribution in [0.5, 0.6) is 0 Å². The topological polar surface area (TPSA) is 140 Å². The number of rotatable bonds is 8. The van der Waals surface area contributed by atoms with Crippen molar-refractivity contribution >= 4 is 28.5 Å². The first-order valence-corrected chi connectivity index (χ1v) is 12.5. The van der Waals surface area contributed by atoms with E-state index in [1.54, 1.807) is 18.6 Å². The van der Waals surface area contributed by atoms with Gasteiger partial charge in [-0.2, -0.15) is 15.1 Å². The number of anilines is 3. The summed E-state index contributed by atoms with van der Waals surface area (Å²) in [5.74, 6) is 2.19. The smallest absolute Gasteiger partial charge is 0.263 e. The Morgan fingerprint density at radius 3 is 2.50 bits per heavy atom. The van der Waals surface area contributed by atoms with Gasteiger partial charge in [-0.05, 0) is 19.4 Å². The van der Waals surface area contributed by atoms with Crippen LogP contribution in [-0.2, 0) is 5.41 Å². The third kappa shape index (κ3) is 5.18. The van der Waals surface area contributed by atoms with Gasteiger partial charge in [0.05, 0.1) is 24.4 Å². The van der Waals surface area contributed by atoms with Gasteiger partial charge >= 0.3 is 0 Å². The Balaban J connectivity index is 1.52. The Bertz CT molecular complexity index is 1540. The molecule has 1 atom stereocenters. The minimum absolute atomic E-state index is 0.148. The summed E-state index contributed by atoms with van der Waals surface area (Å²) in [6.45, 7) is 10.0. The molecule has 196 valence electrons. The van der Waals surface area contributed by atoms with Gasteiger partial charge in [-0.25, -0.2) is 9.97 Å². The Morgan fingerprint density at radius 2 is 1.82 bits per heavy atom. The van der Waals surface area contributed by atoms with Gasteiger partial charge in [0.15, 0.2) is 5.82 Å². The highest BCUT2D eigenvalue weighted by molar-refractivity contribution is 5.81. The number of aromatic nitrogens is 7. The number of aliphatic hydroxyl groups excluding tert-OH is 1. The van der Waals surface area contributed by atoms with E-state index in [1.807, 2.05) is 61.9 Å². The van der Waals surface area contributed by atoms with Crippen LogP contribution in [0.1, 0.15) is 58.1 Å². The molecule has 0 aliphatic rings. The zero-order valence-corrected chi connectivity index (χ0v) is 22.0. The summed E-state index contributed by atoms with van der Waals surface area (Å²) in [4.78, 5) is 18.3. The average molecular weight is 514 g/mol. The fourth-order valence-corrected chi connectivity index (χ4v) is 3.97. The van der Waals surface area contributed by atoms with Gasteiger partial charge in [-0.3, -0.25) is 4.68 Å². The van der Waals surface area contributed by atoms with Crippen LogP contribution in [-0.4, -0.2) is 46.6 Å². The van der Waals surface area contributed by atoms with Crippen molar-refractivity contribution in [2.24, 2.45) is 0 Å². The van der Waals surface area contributed by atoms with Crippen molar-refractivity contribution in [3.8, 4) is 11.5 Å². The number of aliphatic hydroxyl groups is 1. The molecule has 38 heavy (non-hydrogen) atoms. The van der Waals surface area contributed by atoms with Crippen LogP contribution in [0.15, 0.2) is 59.5 Å². The summed E-state index contributed by atoms with van der Waals surface area (Å²) in [6.07, 6.45) is 5.18. The van der Waals surface area contributed by atoms with Gasteiger partial charge in [0.2, 0.25) is 5.95 Å². The van der Waals surface area contributed by atoms with Crippen LogP contribution in [0.2, 0.25) is 0 Å². The normalized spacial score (nSPS) is 12.7. The van der Waals surface area contributed by atoms with Gasteiger partial charge < -0.3 is 20.3 Å². The molecule has 0 fully saturated rings. The van der Waals surface area contributed by atoms with Gasteiger partial charge in [0, 0.05) is 35.3 Å². The number of benzene rings is 1. The van der Waals surface area contributed by atoms with Crippen LogP contribution in [0.4, 0.5) is 17.6 Å². The Kier molecular flexibility index (Phi) is 6.77. The molecule has 0 saturated carbocycles. The summed E-state index contributed by atoms with van der Waals surface area (Å²) in [7, 11) is 0. The van der Waals surface area contributed by atoms with Crippen LogP contribution in [0, 0.1) is 0 Å². The maximum absolute atomic E-state index is 10.2. The molecule has 0 unspecified atom stereocenters. The second-order valence-electron chi connectivity index (χ2n) is 10.4. The Morgan fingerprint density at radius 1 is 1.03 bits per heavy atom. The minimum Gasteiger partial charge on any atom is -0.394 e. The molecule has 5 rings (SSSR count). The predicted octanol–water partition coefficient (Wildman–Crippen LogP) is 5.04. The van der Waals surface area contributed by atoms with E-state index in [9.17, 15) is 5.11 Å². The summed E-state index contributed by atoms with van der Waals surface area (Å²) in [6, 6.07) is 11.4. The molecule has 0 spiro atoms. The van der Waals surface area contributed by atoms with E-state index >= 15 is 0 Å².